The summed E-state index contributed by atoms with van der Waals surface area (Å²) < 4.78 is 22.4. The molecule has 1 aliphatic carbocycles. The second-order valence-electron chi connectivity index (χ2n) is 9.51. The molecule has 2 aliphatic heterocycles. The van der Waals surface area contributed by atoms with Crippen LogP contribution in [0.2, 0.25) is 0 Å². The van der Waals surface area contributed by atoms with Gasteiger partial charge in [0.15, 0.2) is 5.78 Å². The minimum Gasteiger partial charge on any atom is -0.376 e. The van der Waals surface area contributed by atoms with Crippen LogP contribution in [0.5, 0.6) is 0 Å². The summed E-state index contributed by atoms with van der Waals surface area (Å²) in [5, 5.41) is 17.4. The first kappa shape index (κ1) is 21.3. The molecule has 0 amide bonds. The summed E-state index contributed by atoms with van der Waals surface area (Å²) >= 11 is 0. The molecule has 3 aliphatic rings. The number of nitrogens with zero attached hydrogens (tertiary/aromatic N) is 3. The topological polar surface area (TPSA) is 79.9 Å². The van der Waals surface area contributed by atoms with Crippen molar-refractivity contribution in [1.82, 2.24) is 15.1 Å². The number of hydrogen-bond donors (Lipinski definition) is 1. The molecule has 5 rings (SSSR count). The molecule has 0 unspecified atom stereocenters. The van der Waals surface area contributed by atoms with E-state index in [1.54, 1.807) is 12.3 Å². The van der Waals surface area contributed by atoms with Gasteiger partial charge in [-0.1, -0.05) is 12.1 Å². The van der Waals surface area contributed by atoms with E-state index in [1.165, 1.54) is 6.07 Å². The fraction of sp³-hybridized carbons (Fsp3) is 0.560. The molecule has 1 aromatic carbocycles. The number of aromatic nitrogens is 2. The van der Waals surface area contributed by atoms with E-state index in [0.29, 0.717) is 24.1 Å². The molecule has 32 heavy (non-hydrogen) atoms. The van der Waals surface area contributed by atoms with Gasteiger partial charge in [0, 0.05) is 30.8 Å². The van der Waals surface area contributed by atoms with Gasteiger partial charge in [0.1, 0.15) is 5.82 Å². The van der Waals surface area contributed by atoms with Crippen LogP contribution in [0, 0.1) is 29.0 Å². The van der Waals surface area contributed by atoms with Gasteiger partial charge in [0.2, 0.25) is 0 Å². The fourth-order valence-electron chi connectivity index (χ4n) is 5.52. The number of carbonyl (C=O) groups is 1. The highest BCUT2D eigenvalue weighted by Crippen LogP contribution is 2.36. The Hall–Kier alpha value is -2.56. The Bertz CT molecular complexity index is 1020. The maximum Gasteiger partial charge on any atom is 0.151 e. The number of Topliss-reactive ketones (excluding diaryl/α,β-unsaturated/α-hetero) is 1. The molecule has 2 aromatic rings. The normalized spacial score (nSPS) is 27.5. The van der Waals surface area contributed by atoms with Gasteiger partial charge in [-0.2, -0.15) is 10.4 Å². The third kappa shape index (κ3) is 4.48. The van der Waals surface area contributed by atoms with Crippen molar-refractivity contribution < 1.29 is 13.9 Å². The van der Waals surface area contributed by atoms with E-state index in [1.807, 2.05) is 16.9 Å². The highest BCUT2D eigenvalue weighted by atomic mass is 19.1. The highest BCUT2D eigenvalue weighted by Gasteiger charge is 2.42. The lowest BCUT2D eigenvalue weighted by molar-refractivity contribution is -0.122. The number of ketones is 1. The summed E-state index contributed by atoms with van der Waals surface area (Å²) in [4.78, 5) is 12.7. The minimum atomic E-state index is -0.516. The lowest BCUT2D eigenvalue weighted by Crippen LogP contribution is -2.42. The van der Waals surface area contributed by atoms with Gasteiger partial charge in [-0.25, -0.2) is 4.39 Å². The number of nitriles is 1. The standard InChI is InChI=1S/C25H29FN4O2/c26-23-11-17(20-13-28-30(14-20)15-22-2-1-7-32-22)3-4-18(23)8-16(12-27)9-24(31)25-19-5-6-21(10-19)29-25/h3-4,11,13-14,16,19,21-22,25,29H,1-2,5-10,15H2/t16-,19+,21-,22+,25+/m1/s1. The van der Waals surface area contributed by atoms with E-state index in [4.69, 9.17) is 4.74 Å². The largest absolute Gasteiger partial charge is 0.376 e. The molecule has 6 nitrogen and oxygen atoms in total. The number of nitrogens with one attached hydrogen (secondary N) is 1. The van der Waals surface area contributed by atoms with E-state index in [0.717, 1.165) is 49.8 Å². The smallest absolute Gasteiger partial charge is 0.151 e. The highest BCUT2D eigenvalue weighted by molar-refractivity contribution is 5.85. The van der Waals surface area contributed by atoms with Gasteiger partial charge in [-0.05, 0) is 61.6 Å². The average Bonchev–Trinajstić information content (AvgIpc) is 3.60. The van der Waals surface area contributed by atoms with Crippen LogP contribution < -0.4 is 5.32 Å². The fourth-order valence-corrected chi connectivity index (χ4v) is 5.52. The SMILES string of the molecule is N#C[C@@H](CC(=O)[C@H]1N[C@@H]2CC[C@H]1C2)Cc1ccc(-c2cnn(C[C@@H]3CCCO3)c2)cc1F. The molecule has 168 valence electrons. The van der Waals surface area contributed by atoms with Gasteiger partial charge in [-0.15, -0.1) is 0 Å². The molecule has 1 aromatic heterocycles. The summed E-state index contributed by atoms with van der Waals surface area (Å²) in [6.45, 7) is 1.51. The Morgan fingerprint density at radius 2 is 2.25 bits per heavy atom. The first-order valence-corrected chi connectivity index (χ1v) is 11.7. The Labute approximate surface area is 187 Å². The van der Waals surface area contributed by atoms with Gasteiger partial charge in [0.25, 0.3) is 0 Å². The second-order valence-corrected chi connectivity index (χ2v) is 9.51. The van der Waals surface area contributed by atoms with Crippen LogP contribution in [0.15, 0.2) is 30.6 Å². The van der Waals surface area contributed by atoms with Crippen LogP contribution in [-0.2, 0) is 22.5 Å². The summed E-state index contributed by atoms with van der Waals surface area (Å²) in [5.74, 6) is -0.360. The third-order valence-electron chi connectivity index (χ3n) is 7.24. The second kappa shape index (κ2) is 9.13. The Balaban J connectivity index is 1.21. The van der Waals surface area contributed by atoms with Crippen LogP contribution in [0.4, 0.5) is 4.39 Å². The third-order valence-corrected chi connectivity index (χ3v) is 7.24. The first-order chi connectivity index (χ1) is 15.6. The molecule has 3 fully saturated rings. The van der Waals surface area contributed by atoms with Crippen molar-refractivity contribution in [3.8, 4) is 17.2 Å². The van der Waals surface area contributed by atoms with E-state index in [-0.39, 0.29) is 36.6 Å². The molecule has 0 spiro atoms. The van der Waals surface area contributed by atoms with E-state index < -0.39 is 5.92 Å². The number of fused-ring (bicyclic) bond motifs is 2. The van der Waals surface area contributed by atoms with Gasteiger partial charge >= 0.3 is 0 Å². The zero-order valence-electron chi connectivity index (χ0n) is 18.2. The van der Waals surface area contributed by atoms with Crippen molar-refractivity contribution in [2.45, 2.75) is 69.7 Å². The van der Waals surface area contributed by atoms with Crippen molar-refractivity contribution in [3.63, 3.8) is 0 Å². The van der Waals surface area contributed by atoms with E-state index in [9.17, 15) is 14.4 Å². The average molecular weight is 437 g/mol. The molecule has 2 saturated heterocycles. The van der Waals surface area contributed by atoms with Gasteiger partial charge in [-0.3, -0.25) is 9.48 Å². The lowest BCUT2D eigenvalue weighted by Gasteiger charge is -2.22. The van der Waals surface area contributed by atoms with Crippen molar-refractivity contribution in [2.75, 3.05) is 6.61 Å². The number of hydrogen-bond acceptors (Lipinski definition) is 5. The van der Waals surface area contributed by atoms with E-state index in [2.05, 4.69) is 16.5 Å². The molecule has 1 saturated carbocycles. The molecular formula is C25H29FN4O2. The van der Waals surface area contributed by atoms with Crippen molar-refractivity contribution in [2.24, 2.45) is 11.8 Å². The molecule has 2 bridgehead atoms. The van der Waals surface area contributed by atoms with E-state index >= 15 is 0 Å². The van der Waals surface area contributed by atoms with Gasteiger partial charge < -0.3 is 10.1 Å². The predicted octanol–water partition coefficient (Wildman–Crippen LogP) is 3.65. The number of carbonyl (C=O) groups excluding carboxylic acids is 1. The monoisotopic (exact) mass is 436 g/mol. The molecular weight excluding hydrogens is 407 g/mol. The van der Waals surface area contributed by atoms with Gasteiger partial charge in [0.05, 0.1) is 36.9 Å². The van der Waals surface area contributed by atoms with Crippen molar-refractivity contribution >= 4 is 5.78 Å². The number of ether oxygens (including phenoxy) is 1. The summed E-state index contributed by atoms with van der Waals surface area (Å²) in [5.41, 5.74) is 2.07. The zero-order valence-corrected chi connectivity index (χ0v) is 18.2. The van der Waals surface area contributed by atoms with Crippen LogP contribution in [0.1, 0.15) is 44.1 Å². The number of piperidine rings is 1. The zero-order chi connectivity index (χ0) is 22.1. The molecule has 1 N–H and O–H groups in total. The molecule has 5 atom stereocenters. The first-order valence-electron chi connectivity index (χ1n) is 11.7. The number of benzene rings is 1. The Kier molecular flexibility index (Phi) is 6.07. The molecule has 3 heterocycles. The Morgan fingerprint density at radius 1 is 1.34 bits per heavy atom. The quantitative estimate of drug-likeness (QED) is 0.683. The van der Waals surface area contributed by atoms with Crippen LogP contribution in [0.25, 0.3) is 11.1 Å². The van der Waals surface area contributed by atoms with Crippen LogP contribution >= 0.6 is 0 Å². The lowest BCUT2D eigenvalue weighted by atomic mass is 9.88. The summed E-state index contributed by atoms with van der Waals surface area (Å²) in [7, 11) is 0. The van der Waals surface area contributed by atoms with Crippen LogP contribution in [-0.4, -0.2) is 40.4 Å². The predicted molar refractivity (Wildman–Crippen MR) is 117 cm³/mol. The number of rotatable bonds is 8. The molecule has 0 radical (unpaired) electrons. The summed E-state index contributed by atoms with van der Waals surface area (Å²) in [6.07, 6.45) is 9.68. The number of halogens is 1. The maximum absolute atomic E-state index is 14.9. The van der Waals surface area contributed by atoms with Crippen molar-refractivity contribution in [1.29, 1.82) is 5.26 Å². The minimum absolute atomic E-state index is 0.0967. The van der Waals surface area contributed by atoms with Crippen molar-refractivity contribution in [3.05, 3.63) is 42.0 Å². The molecule has 7 heteroatoms. The Morgan fingerprint density at radius 3 is 2.94 bits per heavy atom. The van der Waals surface area contributed by atoms with Crippen LogP contribution in [0.3, 0.4) is 0 Å². The maximum atomic E-state index is 14.9. The summed E-state index contributed by atoms with van der Waals surface area (Å²) in [6, 6.07) is 7.64.